The van der Waals surface area contributed by atoms with E-state index < -0.39 is 11.7 Å². The normalized spacial score (nSPS) is 13.6. The first kappa shape index (κ1) is 13.4. The summed E-state index contributed by atoms with van der Waals surface area (Å²) in [5.74, 6) is 0.433. The molecule has 16 heavy (non-hydrogen) atoms. The highest BCUT2D eigenvalue weighted by atomic mass is 79.9. The molecule has 5 heteroatoms. The van der Waals surface area contributed by atoms with E-state index in [1.165, 1.54) is 6.07 Å². The van der Waals surface area contributed by atoms with E-state index in [1.807, 2.05) is 13.8 Å². The largest absolute Gasteiger partial charge is 0.490 e. The maximum atomic E-state index is 12.4. The molecule has 90 valence electrons. The summed E-state index contributed by atoms with van der Waals surface area (Å²) in [4.78, 5) is 0. The Hall–Kier alpha value is -0.710. The van der Waals surface area contributed by atoms with Crippen LogP contribution in [0.4, 0.5) is 13.2 Å². The Balaban J connectivity index is 2.92. The van der Waals surface area contributed by atoms with Crippen LogP contribution in [0, 0.1) is 0 Å². The van der Waals surface area contributed by atoms with Crippen molar-refractivity contribution in [3.8, 4) is 5.75 Å². The first-order valence-electron chi connectivity index (χ1n) is 4.88. The Morgan fingerprint density at radius 2 is 2.00 bits per heavy atom. The molecule has 0 spiro atoms. The number of hydrogen-bond acceptors (Lipinski definition) is 1. The molecule has 0 saturated carbocycles. The molecule has 0 N–H and O–H groups in total. The molecular weight excluding hydrogens is 285 g/mol. The minimum Gasteiger partial charge on any atom is -0.490 e. The third-order valence-electron chi connectivity index (χ3n) is 2.16. The predicted octanol–water partition coefficient (Wildman–Crippen LogP) is 4.65. The molecule has 0 amide bonds. The molecule has 0 unspecified atom stereocenters. The van der Waals surface area contributed by atoms with Gasteiger partial charge in [-0.2, -0.15) is 13.2 Å². The van der Waals surface area contributed by atoms with Crippen LogP contribution in [0.15, 0.2) is 22.7 Å². The number of hydrogen-bond donors (Lipinski definition) is 0. The highest BCUT2D eigenvalue weighted by Crippen LogP contribution is 2.35. The van der Waals surface area contributed by atoms with Crippen LogP contribution >= 0.6 is 15.9 Å². The Kier molecular flexibility index (Phi) is 4.24. The highest BCUT2D eigenvalue weighted by molar-refractivity contribution is 9.10. The highest BCUT2D eigenvalue weighted by Gasteiger charge is 2.31. The summed E-state index contributed by atoms with van der Waals surface area (Å²) in [6.07, 6.45) is -3.54. The fraction of sp³-hybridized carbons (Fsp3) is 0.455. The second-order valence-electron chi connectivity index (χ2n) is 3.48. The van der Waals surface area contributed by atoms with E-state index in [2.05, 4.69) is 15.9 Å². The number of rotatable bonds is 3. The molecular formula is C11H12BrF3O. The SMILES string of the molecule is CC[C@H](C)Oc1ccc(C(F)(F)F)cc1Br. The summed E-state index contributed by atoms with van der Waals surface area (Å²) >= 11 is 3.07. The van der Waals surface area contributed by atoms with Crippen molar-refractivity contribution >= 4 is 15.9 Å². The van der Waals surface area contributed by atoms with Crippen molar-refractivity contribution in [3.63, 3.8) is 0 Å². The summed E-state index contributed by atoms with van der Waals surface area (Å²) in [6, 6.07) is 3.37. The molecule has 1 rings (SSSR count). The molecule has 0 fully saturated rings. The third kappa shape index (κ3) is 3.40. The lowest BCUT2D eigenvalue weighted by Crippen LogP contribution is -2.11. The van der Waals surface area contributed by atoms with Crippen molar-refractivity contribution in [1.82, 2.24) is 0 Å². The minimum atomic E-state index is -4.32. The number of ether oxygens (including phenoxy) is 1. The van der Waals surface area contributed by atoms with Crippen LogP contribution < -0.4 is 4.74 Å². The molecule has 1 atom stereocenters. The van der Waals surface area contributed by atoms with Crippen molar-refractivity contribution in [2.24, 2.45) is 0 Å². The average molecular weight is 297 g/mol. The Morgan fingerprint density at radius 1 is 1.38 bits per heavy atom. The van der Waals surface area contributed by atoms with E-state index in [1.54, 1.807) is 0 Å². The van der Waals surface area contributed by atoms with Gasteiger partial charge in [-0.1, -0.05) is 6.92 Å². The van der Waals surface area contributed by atoms with Gasteiger partial charge in [0.25, 0.3) is 0 Å². The number of alkyl halides is 3. The van der Waals surface area contributed by atoms with Crippen LogP contribution in [0.3, 0.4) is 0 Å². The first-order valence-corrected chi connectivity index (χ1v) is 5.67. The van der Waals surface area contributed by atoms with Crippen LogP contribution in [0.2, 0.25) is 0 Å². The van der Waals surface area contributed by atoms with E-state index in [9.17, 15) is 13.2 Å². The van der Waals surface area contributed by atoms with Gasteiger partial charge in [0.15, 0.2) is 0 Å². The minimum absolute atomic E-state index is 0.0203. The zero-order chi connectivity index (χ0) is 12.3. The Morgan fingerprint density at radius 3 is 2.44 bits per heavy atom. The fourth-order valence-electron chi connectivity index (χ4n) is 1.07. The lowest BCUT2D eigenvalue weighted by Gasteiger charge is -2.15. The Bertz CT molecular complexity index is 363. The fourth-order valence-corrected chi connectivity index (χ4v) is 1.55. The lowest BCUT2D eigenvalue weighted by molar-refractivity contribution is -0.137. The molecule has 0 aromatic heterocycles. The quantitative estimate of drug-likeness (QED) is 0.789. The molecule has 1 nitrogen and oxygen atoms in total. The molecule has 0 aliphatic rings. The summed E-state index contributed by atoms with van der Waals surface area (Å²) in [7, 11) is 0. The van der Waals surface area contributed by atoms with Gasteiger partial charge < -0.3 is 4.74 Å². The van der Waals surface area contributed by atoms with E-state index in [0.717, 1.165) is 18.6 Å². The maximum absolute atomic E-state index is 12.4. The standard InChI is InChI=1S/C11H12BrF3O/c1-3-7(2)16-10-5-4-8(6-9(10)12)11(13,14)15/h4-7H,3H2,1-2H3/t7-/m0/s1. The zero-order valence-corrected chi connectivity index (χ0v) is 10.5. The van der Waals surface area contributed by atoms with Gasteiger partial charge in [-0.05, 0) is 47.5 Å². The molecule has 1 aromatic rings. The van der Waals surface area contributed by atoms with Crippen LogP contribution in [0.5, 0.6) is 5.75 Å². The van der Waals surface area contributed by atoms with Gasteiger partial charge in [-0.15, -0.1) is 0 Å². The number of benzene rings is 1. The molecule has 0 aliphatic carbocycles. The monoisotopic (exact) mass is 296 g/mol. The molecule has 0 heterocycles. The van der Waals surface area contributed by atoms with E-state index in [0.29, 0.717) is 10.2 Å². The van der Waals surface area contributed by atoms with Crippen molar-refractivity contribution in [2.75, 3.05) is 0 Å². The summed E-state index contributed by atoms with van der Waals surface area (Å²) in [5, 5.41) is 0. The number of halogens is 4. The first-order chi connectivity index (χ1) is 7.34. The van der Waals surface area contributed by atoms with Gasteiger partial charge >= 0.3 is 6.18 Å². The zero-order valence-electron chi connectivity index (χ0n) is 8.94. The van der Waals surface area contributed by atoms with Crippen LogP contribution in [0.1, 0.15) is 25.8 Å². The summed E-state index contributed by atoms with van der Waals surface area (Å²) in [5.41, 5.74) is -0.684. The van der Waals surface area contributed by atoms with E-state index in [4.69, 9.17) is 4.74 Å². The second kappa shape index (κ2) is 5.08. The van der Waals surface area contributed by atoms with Crippen molar-refractivity contribution in [2.45, 2.75) is 32.5 Å². The van der Waals surface area contributed by atoms with Crippen LogP contribution in [-0.4, -0.2) is 6.10 Å². The summed E-state index contributed by atoms with van der Waals surface area (Å²) < 4.78 is 42.9. The molecule has 0 radical (unpaired) electrons. The van der Waals surface area contributed by atoms with E-state index in [-0.39, 0.29) is 6.10 Å². The van der Waals surface area contributed by atoms with Crippen LogP contribution in [0.25, 0.3) is 0 Å². The second-order valence-corrected chi connectivity index (χ2v) is 4.33. The maximum Gasteiger partial charge on any atom is 0.416 e. The van der Waals surface area contributed by atoms with Gasteiger partial charge in [0, 0.05) is 0 Å². The molecule has 0 bridgehead atoms. The smallest absolute Gasteiger partial charge is 0.416 e. The average Bonchev–Trinajstić information content (AvgIpc) is 2.19. The van der Waals surface area contributed by atoms with Gasteiger partial charge in [-0.25, -0.2) is 0 Å². The predicted molar refractivity (Wildman–Crippen MR) is 59.5 cm³/mol. The topological polar surface area (TPSA) is 9.23 Å². The van der Waals surface area contributed by atoms with Crippen molar-refractivity contribution < 1.29 is 17.9 Å². The third-order valence-corrected chi connectivity index (χ3v) is 2.78. The van der Waals surface area contributed by atoms with Gasteiger partial charge in [-0.3, -0.25) is 0 Å². The van der Waals surface area contributed by atoms with Crippen LogP contribution in [-0.2, 0) is 6.18 Å². The van der Waals surface area contributed by atoms with Gasteiger partial charge in [0.1, 0.15) is 5.75 Å². The lowest BCUT2D eigenvalue weighted by atomic mass is 10.2. The Labute approximate surface area is 101 Å². The van der Waals surface area contributed by atoms with E-state index >= 15 is 0 Å². The van der Waals surface area contributed by atoms with Crippen molar-refractivity contribution in [1.29, 1.82) is 0 Å². The van der Waals surface area contributed by atoms with Gasteiger partial charge in [0.2, 0.25) is 0 Å². The molecule has 0 saturated heterocycles. The molecule has 1 aromatic carbocycles. The summed E-state index contributed by atoms with van der Waals surface area (Å²) in [6.45, 7) is 3.81. The molecule has 0 aliphatic heterocycles. The van der Waals surface area contributed by atoms with Crippen molar-refractivity contribution in [3.05, 3.63) is 28.2 Å². The van der Waals surface area contributed by atoms with Gasteiger partial charge in [0.05, 0.1) is 16.1 Å².